The van der Waals surface area contributed by atoms with Crippen LogP contribution < -0.4 is 11.1 Å². The fraction of sp³-hybridized carbons (Fsp3) is 0.714. The molecule has 1 aromatic rings. The van der Waals surface area contributed by atoms with Crippen LogP contribution >= 0.6 is 0 Å². The van der Waals surface area contributed by atoms with Crippen molar-refractivity contribution in [2.24, 2.45) is 12.8 Å². The maximum absolute atomic E-state index is 11.4. The summed E-state index contributed by atoms with van der Waals surface area (Å²) < 4.78 is 4.81. The van der Waals surface area contributed by atoms with E-state index in [0.29, 0.717) is 13.0 Å². The predicted molar refractivity (Wildman–Crippen MR) is 51.9 cm³/mol. The van der Waals surface area contributed by atoms with Crippen molar-refractivity contribution < 1.29 is 9.53 Å². The van der Waals surface area contributed by atoms with E-state index < -0.39 is 6.04 Å². The van der Waals surface area contributed by atoms with Crippen molar-refractivity contribution in [1.29, 1.82) is 0 Å². The molecule has 0 bridgehead atoms. The maximum Gasteiger partial charge on any atom is 0.270 e. The van der Waals surface area contributed by atoms with Crippen LogP contribution in [0.3, 0.4) is 0 Å². The van der Waals surface area contributed by atoms with Gasteiger partial charge in [-0.1, -0.05) is 5.10 Å². The molecule has 0 aliphatic heterocycles. The van der Waals surface area contributed by atoms with Crippen LogP contribution in [0.5, 0.6) is 0 Å². The van der Waals surface area contributed by atoms with E-state index in [-0.39, 0.29) is 11.9 Å². The van der Waals surface area contributed by atoms with Crippen molar-refractivity contribution in [3.63, 3.8) is 0 Å². The number of carbonyl (C=O) groups is 1. The van der Waals surface area contributed by atoms with Crippen molar-refractivity contribution in [2.75, 3.05) is 19.0 Å². The summed E-state index contributed by atoms with van der Waals surface area (Å²) >= 11 is 0. The number of hydrogen-bond donors (Lipinski definition) is 2. The first-order valence-corrected chi connectivity index (χ1v) is 4.43. The Morgan fingerprint density at radius 2 is 2.47 bits per heavy atom. The van der Waals surface area contributed by atoms with Crippen LogP contribution in [0.25, 0.3) is 0 Å². The summed E-state index contributed by atoms with van der Waals surface area (Å²) in [5, 5.41) is 13.4. The molecule has 1 heterocycles. The van der Waals surface area contributed by atoms with E-state index >= 15 is 0 Å². The molecule has 1 aromatic heterocycles. The molecule has 0 saturated heterocycles. The Hall–Kier alpha value is -1.54. The lowest BCUT2D eigenvalue weighted by Gasteiger charge is -2.08. The number of nitrogens with zero attached hydrogens (tertiary/aromatic N) is 4. The molecule has 0 radical (unpaired) electrons. The minimum Gasteiger partial charge on any atom is -0.385 e. The molecule has 0 spiro atoms. The molecule has 0 aliphatic rings. The number of aromatic nitrogens is 4. The van der Waals surface area contributed by atoms with Gasteiger partial charge in [0.2, 0.25) is 5.91 Å². The zero-order valence-corrected chi connectivity index (χ0v) is 8.67. The Morgan fingerprint density at radius 3 is 3.00 bits per heavy atom. The van der Waals surface area contributed by atoms with Gasteiger partial charge < -0.3 is 10.5 Å². The highest BCUT2D eigenvalue weighted by Gasteiger charge is 2.14. The highest BCUT2D eigenvalue weighted by Crippen LogP contribution is 1.96. The van der Waals surface area contributed by atoms with E-state index in [9.17, 15) is 4.79 Å². The minimum absolute atomic E-state index is 0.148. The third kappa shape index (κ3) is 3.60. The largest absolute Gasteiger partial charge is 0.385 e. The SMILES string of the molecule is COCCC(N)C(=O)Nc1nnn(C)n1. The second-order valence-electron chi connectivity index (χ2n) is 2.98. The van der Waals surface area contributed by atoms with E-state index in [4.69, 9.17) is 10.5 Å². The van der Waals surface area contributed by atoms with Gasteiger partial charge in [-0.05, 0) is 11.6 Å². The fourth-order valence-electron chi connectivity index (χ4n) is 0.913. The second-order valence-corrected chi connectivity index (χ2v) is 2.98. The van der Waals surface area contributed by atoms with Crippen LogP contribution in [0, 0.1) is 0 Å². The highest BCUT2D eigenvalue weighted by molar-refractivity contribution is 5.93. The Bertz CT molecular complexity index is 325. The molecule has 1 unspecified atom stereocenters. The summed E-state index contributed by atoms with van der Waals surface area (Å²) in [5.41, 5.74) is 5.58. The summed E-state index contributed by atoms with van der Waals surface area (Å²) in [7, 11) is 3.16. The Balaban J connectivity index is 2.41. The first-order valence-electron chi connectivity index (χ1n) is 4.43. The fourth-order valence-corrected chi connectivity index (χ4v) is 0.913. The van der Waals surface area contributed by atoms with Gasteiger partial charge in [0.15, 0.2) is 0 Å². The minimum atomic E-state index is -0.631. The Kier molecular flexibility index (Phi) is 4.13. The van der Waals surface area contributed by atoms with Gasteiger partial charge in [-0.3, -0.25) is 10.1 Å². The molecule has 1 amide bonds. The van der Waals surface area contributed by atoms with Crippen LogP contribution in [-0.4, -0.2) is 45.9 Å². The molecule has 84 valence electrons. The average molecular weight is 214 g/mol. The number of methoxy groups -OCH3 is 1. The van der Waals surface area contributed by atoms with Gasteiger partial charge >= 0.3 is 0 Å². The van der Waals surface area contributed by atoms with Crippen molar-refractivity contribution in [2.45, 2.75) is 12.5 Å². The molecule has 8 heteroatoms. The average Bonchev–Trinajstić information content (AvgIpc) is 2.60. The molecule has 3 N–H and O–H groups in total. The maximum atomic E-state index is 11.4. The first kappa shape index (κ1) is 11.5. The van der Waals surface area contributed by atoms with E-state index in [1.807, 2.05) is 0 Å². The number of nitrogens with two attached hydrogens (primary N) is 1. The molecule has 1 rings (SSSR count). The quantitative estimate of drug-likeness (QED) is 0.618. The van der Waals surface area contributed by atoms with E-state index in [1.165, 1.54) is 4.80 Å². The van der Waals surface area contributed by atoms with Crippen LogP contribution in [0.1, 0.15) is 6.42 Å². The van der Waals surface area contributed by atoms with Gasteiger partial charge in [0.25, 0.3) is 5.95 Å². The molecule has 0 saturated carbocycles. The molecule has 0 fully saturated rings. The van der Waals surface area contributed by atoms with Crippen LogP contribution in [-0.2, 0) is 16.6 Å². The zero-order valence-electron chi connectivity index (χ0n) is 8.67. The smallest absolute Gasteiger partial charge is 0.270 e. The third-order valence-electron chi connectivity index (χ3n) is 1.71. The first-order chi connectivity index (χ1) is 7.13. The topological polar surface area (TPSA) is 108 Å². The number of anilines is 1. The molecule has 0 aliphatic carbocycles. The third-order valence-corrected chi connectivity index (χ3v) is 1.71. The van der Waals surface area contributed by atoms with E-state index in [0.717, 1.165) is 0 Å². The van der Waals surface area contributed by atoms with Gasteiger partial charge in [0.05, 0.1) is 13.1 Å². The van der Waals surface area contributed by atoms with Gasteiger partial charge in [-0.15, -0.1) is 5.10 Å². The standard InChI is InChI=1S/C7H14N6O2/c1-13-11-7(10-12-13)9-6(14)5(8)3-4-15-2/h5H,3-4,8H2,1-2H3,(H,9,11,14). The lowest BCUT2D eigenvalue weighted by molar-refractivity contribution is -0.117. The van der Waals surface area contributed by atoms with Crippen molar-refractivity contribution in [1.82, 2.24) is 20.2 Å². The van der Waals surface area contributed by atoms with Crippen LogP contribution in [0.15, 0.2) is 0 Å². The van der Waals surface area contributed by atoms with Crippen molar-refractivity contribution in [3.05, 3.63) is 0 Å². The Labute approximate surface area is 86.8 Å². The van der Waals surface area contributed by atoms with Gasteiger partial charge in [-0.25, -0.2) is 0 Å². The van der Waals surface area contributed by atoms with Crippen LogP contribution in [0.4, 0.5) is 5.95 Å². The number of ether oxygens (including phenoxy) is 1. The number of hydrogen-bond acceptors (Lipinski definition) is 6. The summed E-state index contributed by atoms with van der Waals surface area (Å²) in [6, 6.07) is -0.631. The second kappa shape index (κ2) is 5.37. The van der Waals surface area contributed by atoms with Gasteiger partial charge in [0.1, 0.15) is 0 Å². The summed E-state index contributed by atoms with van der Waals surface area (Å²) in [6.45, 7) is 0.433. The van der Waals surface area contributed by atoms with Gasteiger partial charge in [0, 0.05) is 13.7 Å². The molecular formula is C7H14N6O2. The number of tetrazole rings is 1. The molecule has 8 nitrogen and oxygen atoms in total. The summed E-state index contributed by atoms with van der Waals surface area (Å²) in [6.07, 6.45) is 0.447. The highest BCUT2D eigenvalue weighted by atomic mass is 16.5. The normalized spacial score (nSPS) is 12.5. The van der Waals surface area contributed by atoms with Crippen molar-refractivity contribution in [3.8, 4) is 0 Å². The molecular weight excluding hydrogens is 200 g/mol. The van der Waals surface area contributed by atoms with E-state index in [2.05, 4.69) is 20.7 Å². The number of nitrogens with one attached hydrogen (secondary N) is 1. The summed E-state index contributed by atoms with van der Waals surface area (Å²) in [5.74, 6) is -0.199. The number of amides is 1. The van der Waals surface area contributed by atoms with Crippen molar-refractivity contribution >= 4 is 11.9 Å². The van der Waals surface area contributed by atoms with E-state index in [1.54, 1.807) is 14.2 Å². The molecule has 15 heavy (non-hydrogen) atoms. The monoisotopic (exact) mass is 214 g/mol. The lowest BCUT2D eigenvalue weighted by atomic mass is 10.2. The Morgan fingerprint density at radius 1 is 1.73 bits per heavy atom. The number of aryl methyl sites for hydroxylation is 1. The number of carbonyl (C=O) groups excluding carboxylic acids is 1. The number of rotatable bonds is 5. The summed E-state index contributed by atoms with van der Waals surface area (Å²) in [4.78, 5) is 12.7. The van der Waals surface area contributed by atoms with Crippen LogP contribution in [0.2, 0.25) is 0 Å². The molecule has 0 aromatic carbocycles. The lowest BCUT2D eigenvalue weighted by Crippen LogP contribution is -2.36. The zero-order chi connectivity index (χ0) is 11.3. The molecule has 1 atom stereocenters. The predicted octanol–water partition coefficient (Wildman–Crippen LogP) is -1.49. The van der Waals surface area contributed by atoms with Gasteiger partial charge in [-0.2, -0.15) is 4.80 Å².